The Morgan fingerprint density at radius 1 is 0.828 bits per heavy atom. The third kappa shape index (κ3) is 4.16. The number of rotatable bonds is 5. The topological polar surface area (TPSA) is 73.8 Å². The van der Waals surface area contributed by atoms with Crippen molar-refractivity contribution in [2.75, 3.05) is 18.0 Å². The molecule has 0 aromatic heterocycles. The zero-order valence-electron chi connectivity index (χ0n) is 15.7. The van der Waals surface area contributed by atoms with Crippen LogP contribution in [0.3, 0.4) is 0 Å². The fourth-order valence-electron chi connectivity index (χ4n) is 3.17. The third-order valence-electron chi connectivity index (χ3n) is 4.66. The minimum absolute atomic E-state index is 0.123. The van der Waals surface area contributed by atoms with Crippen molar-refractivity contribution in [2.45, 2.75) is 0 Å². The zero-order valence-corrected chi connectivity index (χ0v) is 15.7. The van der Waals surface area contributed by atoms with E-state index in [0.717, 1.165) is 16.8 Å². The van der Waals surface area contributed by atoms with Gasteiger partial charge in [0.25, 0.3) is 5.91 Å². The maximum Gasteiger partial charge on any atom is 0.321 e. The molecule has 6 nitrogen and oxygen atoms in total. The van der Waals surface area contributed by atoms with E-state index in [1.54, 1.807) is 29.2 Å². The van der Waals surface area contributed by atoms with E-state index in [1.807, 2.05) is 60.7 Å². The van der Waals surface area contributed by atoms with Gasteiger partial charge in [0.15, 0.2) is 0 Å². The SMILES string of the molecule is O=C(NN=C(c1ccccc1)c1ccccc1)c1ccc(N2CCNC2=O)cc1. The van der Waals surface area contributed by atoms with E-state index in [1.165, 1.54) is 0 Å². The molecule has 0 aliphatic carbocycles. The Morgan fingerprint density at radius 2 is 1.41 bits per heavy atom. The number of carbonyl (C=O) groups excluding carboxylic acids is 2. The van der Waals surface area contributed by atoms with Crippen LogP contribution in [0.4, 0.5) is 10.5 Å². The van der Waals surface area contributed by atoms with Crippen LogP contribution in [0.15, 0.2) is 90.0 Å². The number of hydrogen-bond donors (Lipinski definition) is 2. The number of hydrogen-bond acceptors (Lipinski definition) is 3. The molecular weight excluding hydrogens is 364 g/mol. The highest BCUT2D eigenvalue weighted by molar-refractivity contribution is 6.13. The minimum Gasteiger partial charge on any atom is -0.336 e. The van der Waals surface area contributed by atoms with Crippen molar-refractivity contribution >= 4 is 23.3 Å². The molecule has 0 radical (unpaired) electrons. The molecule has 0 unspecified atom stereocenters. The highest BCUT2D eigenvalue weighted by atomic mass is 16.2. The van der Waals surface area contributed by atoms with Gasteiger partial charge >= 0.3 is 6.03 Å². The van der Waals surface area contributed by atoms with Crippen LogP contribution in [0.2, 0.25) is 0 Å². The lowest BCUT2D eigenvalue weighted by Gasteiger charge is -2.14. The van der Waals surface area contributed by atoms with Crippen molar-refractivity contribution in [1.29, 1.82) is 0 Å². The summed E-state index contributed by atoms with van der Waals surface area (Å²) in [5, 5.41) is 7.15. The summed E-state index contributed by atoms with van der Waals surface area (Å²) in [6.45, 7) is 1.24. The third-order valence-corrected chi connectivity index (χ3v) is 4.66. The predicted molar refractivity (Wildman–Crippen MR) is 113 cm³/mol. The summed E-state index contributed by atoms with van der Waals surface area (Å²) in [7, 11) is 0. The van der Waals surface area contributed by atoms with E-state index in [4.69, 9.17) is 0 Å². The van der Waals surface area contributed by atoms with Gasteiger partial charge in [-0.05, 0) is 24.3 Å². The lowest BCUT2D eigenvalue weighted by Crippen LogP contribution is -2.27. The van der Waals surface area contributed by atoms with Crippen LogP contribution in [-0.2, 0) is 0 Å². The Hall–Kier alpha value is -3.93. The van der Waals surface area contributed by atoms with Gasteiger partial charge in [-0.2, -0.15) is 5.10 Å². The van der Waals surface area contributed by atoms with E-state index in [2.05, 4.69) is 15.8 Å². The van der Waals surface area contributed by atoms with Crippen molar-refractivity contribution in [3.8, 4) is 0 Å². The smallest absolute Gasteiger partial charge is 0.321 e. The molecule has 3 amide bonds. The molecule has 1 heterocycles. The number of benzene rings is 3. The Morgan fingerprint density at radius 3 is 1.93 bits per heavy atom. The van der Waals surface area contributed by atoms with Crippen molar-refractivity contribution in [3.63, 3.8) is 0 Å². The number of hydrazone groups is 1. The van der Waals surface area contributed by atoms with Gasteiger partial charge in [0, 0.05) is 35.5 Å². The van der Waals surface area contributed by atoms with Crippen LogP contribution in [0.1, 0.15) is 21.5 Å². The first kappa shape index (κ1) is 18.4. The van der Waals surface area contributed by atoms with Gasteiger partial charge in [-0.15, -0.1) is 0 Å². The summed E-state index contributed by atoms with van der Waals surface area (Å²) in [5.41, 5.74) is 6.39. The molecule has 0 bridgehead atoms. The van der Waals surface area contributed by atoms with Crippen LogP contribution in [0.5, 0.6) is 0 Å². The van der Waals surface area contributed by atoms with Crippen molar-refractivity contribution in [1.82, 2.24) is 10.7 Å². The summed E-state index contributed by atoms with van der Waals surface area (Å²) < 4.78 is 0. The van der Waals surface area contributed by atoms with Gasteiger partial charge in [-0.3, -0.25) is 9.69 Å². The van der Waals surface area contributed by atoms with Crippen molar-refractivity contribution < 1.29 is 9.59 Å². The number of nitrogens with zero attached hydrogens (tertiary/aromatic N) is 2. The summed E-state index contributed by atoms with van der Waals surface area (Å²) in [6, 6.07) is 26.2. The average molecular weight is 384 g/mol. The lowest BCUT2D eigenvalue weighted by atomic mass is 10.0. The van der Waals surface area contributed by atoms with Gasteiger partial charge in [-0.25, -0.2) is 10.2 Å². The molecular formula is C23H20N4O2. The second kappa shape index (κ2) is 8.39. The molecule has 1 aliphatic rings. The Kier molecular flexibility index (Phi) is 5.33. The van der Waals surface area contributed by atoms with Gasteiger partial charge in [0.2, 0.25) is 0 Å². The van der Waals surface area contributed by atoms with Crippen molar-refractivity contribution in [3.05, 3.63) is 102 Å². The van der Waals surface area contributed by atoms with Crippen LogP contribution in [-0.4, -0.2) is 30.7 Å². The first-order valence-corrected chi connectivity index (χ1v) is 9.37. The number of carbonyl (C=O) groups is 2. The fourth-order valence-corrected chi connectivity index (χ4v) is 3.17. The summed E-state index contributed by atoms with van der Waals surface area (Å²) in [6.07, 6.45) is 0. The molecule has 0 saturated carbocycles. The molecule has 0 atom stereocenters. The van der Waals surface area contributed by atoms with E-state index in [-0.39, 0.29) is 11.9 Å². The monoisotopic (exact) mass is 384 g/mol. The van der Waals surface area contributed by atoms with Crippen LogP contribution < -0.4 is 15.6 Å². The highest BCUT2D eigenvalue weighted by Crippen LogP contribution is 2.17. The number of amides is 3. The zero-order chi connectivity index (χ0) is 20.1. The van der Waals surface area contributed by atoms with Crippen LogP contribution >= 0.6 is 0 Å². The normalized spacial score (nSPS) is 13.0. The van der Waals surface area contributed by atoms with Crippen LogP contribution in [0.25, 0.3) is 0 Å². The summed E-state index contributed by atoms with van der Waals surface area (Å²) >= 11 is 0. The predicted octanol–water partition coefficient (Wildman–Crippen LogP) is 3.40. The second-order valence-corrected chi connectivity index (χ2v) is 6.56. The maximum absolute atomic E-state index is 12.6. The summed E-state index contributed by atoms with van der Waals surface area (Å²) in [4.78, 5) is 26.0. The van der Waals surface area contributed by atoms with E-state index < -0.39 is 0 Å². The molecule has 4 rings (SSSR count). The molecule has 1 aliphatic heterocycles. The second-order valence-electron chi connectivity index (χ2n) is 6.56. The molecule has 1 saturated heterocycles. The average Bonchev–Trinajstić information content (AvgIpc) is 3.21. The van der Waals surface area contributed by atoms with Gasteiger partial charge < -0.3 is 5.32 Å². The van der Waals surface area contributed by atoms with Crippen LogP contribution in [0, 0.1) is 0 Å². The molecule has 144 valence electrons. The number of urea groups is 1. The standard InChI is InChI=1S/C23H20N4O2/c28-22(19-11-13-20(14-12-19)27-16-15-24-23(27)29)26-25-21(17-7-3-1-4-8-17)18-9-5-2-6-10-18/h1-14H,15-16H2,(H,24,29)(H,26,28). The minimum atomic E-state index is -0.313. The molecule has 29 heavy (non-hydrogen) atoms. The molecule has 1 fully saturated rings. The summed E-state index contributed by atoms with van der Waals surface area (Å²) in [5.74, 6) is -0.313. The quantitative estimate of drug-likeness (QED) is 0.523. The fraction of sp³-hybridized carbons (Fsp3) is 0.0870. The lowest BCUT2D eigenvalue weighted by molar-refractivity contribution is 0.0955. The first-order chi connectivity index (χ1) is 14.2. The highest BCUT2D eigenvalue weighted by Gasteiger charge is 2.21. The molecule has 0 spiro atoms. The van der Waals surface area contributed by atoms with E-state index in [9.17, 15) is 9.59 Å². The van der Waals surface area contributed by atoms with Gasteiger partial charge in [-0.1, -0.05) is 60.7 Å². The van der Waals surface area contributed by atoms with E-state index >= 15 is 0 Å². The molecule has 3 aromatic rings. The Balaban J connectivity index is 1.54. The number of anilines is 1. The molecule has 2 N–H and O–H groups in total. The Bertz CT molecular complexity index is 990. The van der Waals surface area contributed by atoms with Crippen molar-refractivity contribution in [2.24, 2.45) is 5.10 Å². The molecule has 6 heteroatoms. The number of nitrogens with one attached hydrogen (secondary N) is 2. The first-order valence-electron chi connectivity index (χ1n) is 9.37. The van der Waals surface area contributed by atoms with Gasteiger partial charge in [0.1, 0.15) is 0 Å². The largest absolute Gasteiger partial charge is 0.336 e. The Labute approximate surface area is 168 Å². The van der Waals surface area contributed by atoms with E-state index in [0.29, 0.717) is 24.4 Å². The maximum atomic E-state index is 12.6. The molecule has 3 aromatic carbocycles. The van der Waals surface area contributed by atoms with Gasteiger partial charge in [0.05, 0.1) is 5.71 Å².